The van der Waals surface area contributed by atoms with E-state index in [2.05, 4.69) is 48.5 Å². The Kier molecular flexibility index (Phi) is 18.2. The second-order valence-corrected chi connectivity index (χ2v) is 17.1. The Balaban J connectivity index is 1.52. The zero-order valence-electron chi connectivity index (χ0n) is 35.5. The molecular formula is C43H68N6O7S. The van der Waals surface area contributed by atoms with Crippen molar-refractivity contribution < 1.29 is 33.8 Å². The molecule has 1 aliphatic heterocycles. The summed E-state index contributed by atoms with van der Waals surface area (Å²) in [6.07, 6.45) is 5.89. The molecule has 4 N–H and O–H groups in total. The maximum atomic E-state index is 14.7. The summed E-state index contributed by atoms with van der Waals surface area (Å²) >= 11 is 1.35. The number of benzene rings is 1. The van der Waals surface area contributed by atoms with E-state index in [-0.39, 0.29) is 53.8 Å². The van der Waals surface area contributed by atoms with Gasteiger partial charge in [-0.15, -0.1) is 11.3 Å². The lowest BCUT2D eigenvalue weighted by Crippen LogP contribution is -2.58. The SMILES string of the molecule is CCCOC(CC(C(C)C)N(CCC)C(=O)C(NC(=O)C1CCCCN1C)C(C)CC)c1nc(C(=O)NC2Cc3ccc(OCCNC)cc3C(C(=O)O)C2)cs1. The Morgan fingerprint density at radius 3 is 2.51 bits per heavy atom. The first kappa shape index (κ1) is 46.1. The largest absolute Gasteiger partial charge is 0.492 e. The van der Waals surface area contributed by atoms with Crippen LogP contribution in [-0.2, 0) is 25.5 Å². The van der Waals surface area contributed by atoms with Gasteiger partial charge in [0.05, 0.1) is 12.0 Å². The molecule has 3 amide bonds. The summed E-state index contributed by atoms with van der Waals surface area (Å²) in [5.74, 6) is -1.61. The van der Waals surface area contributed by atoms with Crippen molar-refractivity contribution in [3.63, 3.8) is 0 Å². The fraction of sp³-hybridized carbons (Fsp3) is 0.698. The van der Waals surface area contributed by atoms with Crippen LogP contribution in [-0.4, -0.2) is 115 Å². The maximum absolute atomic E-state index is 14.7. The summed E-state index contributed by atoms with van der Waals surface area (Å²) in [4.78, 5) is 63.2. The molecule has 2 aromatic rings. The fourth-order valence-corrected chi connectivity index (χ4v) is 8.88. The van der Waals surface area contributed by atoms with Gasteiger partial charge in [-0.05, 0) is 94.3 Å². The third kappa shape index (κ3) is 12.5. The molecule has 0 radical (unpaired) electrons. The highest BCUT2D eigenvalue weighted by Gasteiger charge is 2.39. The minimum atomic E-state index is -0.945. The van der Waals surface area contributed by atoms with Crippen molar-refractivity contribution in [1.82, 2.24) is 30.7 Å². The topological polar surface area (TPSA) is 162 Å². The number of piperidine rings is 1. The summed E-state index contributed by atoms with van der Waals surface area (Å²) < 4.78 is 12.2. The van der Waals surface area contributed by atoms with Crippen molar-refractivity contribution in [2.45, 2.75) is 136 Å². The van der Waals surface area contributed by atoms with Gasteiger partial charge in [-0.2, -0.15) is 0 Å². The maximum Gasteiger partial charge on any atom is 0.311 e. The third-order valence-electron chi connectivity index (χ3n) is 11.5. The molecule has 2 heterocycles. The van der Waals surface area contributed by atoms with Gasteiger partial charge in [0.2, 0.25) is 11.8 Å². The molecule has 1 aromatic heterocycles. The highest BCUT2D eigenvalue weighted by Crippen LogP contribution is 2.36. The quantitative estimate of drug-likeness (QED) is 0.107. The van der Waals surface area contributed by atoms with E-state index in [0.717, 1.165) is 50.6 Å². The number of aromatic nitrogens is 1. The lowest BCUT2D eigenvalue weighted by Gasteiger charge is -2.40. The zero-order chi connectivity index (χ0) is 41.6. The van der Waals surface area contributed by atoms with E-state index in [1.807, 2.05) is 45.0 Å². The first-order valence-electron chi connectivity index (χ1n) is 21.1. The minimum absolute atomic E-state index is 0.0575. The normalized spacial score (nSPS) is 20.5. The van der Waals surface area contributed by atoms with Crippen LogP contribution in [0.1, 0.15) is 132 Å². The Labute approximate surface area is 344 Å². The number of carboxylic acids is 1. The van der Waals surface area contributed by atoms with Crippen molar-refractivity contribution in [2.75, 3.05) is 46.9 Å². The van der Waals surface area contributed by atoms with Crippen LogP contribution < -0.4 is 20.7 Å². The molecule has 318 valence electrons. The van der Waals surface area contributed by atoms with Crippen LogP contribution in [0.5, 0.6) is 5.75 Å². The van der Waals surface area contributed by atoms with Crippen LogP contribution in [0, 0.1) is 11.8 Å². The number of thiazole rings is 1. The van der Waals surface area contributed by atoms with Crippen molar-refractivity contribution in [2.24, 2.45) is 11.8 Å². The number of carboxylic acid groups (broad SMARTS) is 1. The molecule has 7 atom stereocenters. The molecule has 2 aliphatic rings. The van der Waals surface area contributed by atoms with Gasteiger partial charge in [0.15, 0.2) is 0 Å². The molecule has 4 rings (SSSR count). The van der Waals surface area contributed by atoms with Crippen LogP contribution in [0.3, 0.4) is 0 Å². The first-order chi connectivity index (χ1) is 27.3. The van der Waals surface area contributed by atoms with Crippen molar-refractivity contribution in [1.29, 1.82) is 0 Å². The Hall–Kier alpha value is -3.59. The van der Waals surface area contributed by atoms with E-state index >= 15 is 0 Å². The number of aliphatic carboxylic acids is 1. The van der Waals surface area contributed by atoms with E-state index in [0.29, 0.717) is 55.5 Å². The molecule has 0 saturated carbocycles. The highest BCUT2D eigenvalue weighted by molar-refractivity contribution is 7.09. The number of nitrogens with one attached hydrogen (secondary N) is 3. The number of rotatable bonds is 22. The Morgan fingerprint density at radius 2 is 1.86 bits per heavy atom. The van der Waals surface area contributed by atoms with Gasteiger partial charge >= 0.3 is 5.97 Å². The first-order valence-corrected chi connectivity index (χ1v) is 22.0. The van der Waals surface area contributed by atoms with Gasteiger partial charge < -0.3 is 35.4 Å². The highest BCUT2D eigenvalue weighted by atomic mass is 32.1. The molecule has 1 aliphatic carbocycles. The molecule has 1 aromatic carbocycles. The van der Waals surface area contributed by atoms with Gasteiger partial charge in [0.25, 0.3) is 5.91 Å². The molecule has 1 saturated heterocycles. The number of hydrogen-bond acceptors (Lipinski definition) is 10. The number of likely N-dealkylation sites (tertiary alicyclic amines) is 1. The predicted octanol–water partition coefficient (Wildman–Crippen LogP) is 5.79. The lowest BCUT2D eigenvalue weighted by molar-refractivity contribution is -0.143. The number of amides is 3. The summed E-state index contributed by atoms with van der Waals surface area (Å²) in [7, 11) is 3.82. The number of hydrogen-bond donors (Lipinski definition) is 4. The molecule has 7 unspecified atom stereocenters. The molecule has 1 fully saturated rings. The average molecular weight is 813 g/mol. The van der Waals surface area contributed by atoms with Crippen LogP contribution in [0.25, 0.3) is 0 Å². The van der Waals surface area contributed by atoms with E-state index in [4.69, 9.17) is 14.5 Å². The number of carbonyl (C=O) groups is 4. The van der Waals surface area contributed by atoms with Crippen LogP contribution in [0.2, 0.25) is 0 Å². The molecule has 13 nitrogen and oxygen atoms in total. The van der Waals surface area contributed by atoms with Crippen LogP contribution in [0.4, 0.5) is 0 Å². The second kappa shape index (κ2) is 22.5. The van der Waals surface area contributed by atoms with Gasteiger partial charge in [0.1, 0.15) is 35.2 Å². The summed E-state index contributed by atoms with van der Waals surface area (Å²) in [5.41, 5.74) is 1.84. The van der Waals surface area contributed by atoms with E-state index in [9.17, 15) is 24.3 Å². The second-order valence-electron chi connectivity index (χ2n) is 16.2. The van der Waals surface area contributed by atoms with Crippen molar-refractivity contribution in [3.8, 4) is 5.75 Å². The van der Waals surface area contributed by atoms with Gasteiger partial charge in [-0.25, -0.2) is 4.98 Å². The molecule has 0 bridgehead atoms. The molecule has 0 spiro atoms. The summed E-state index contributed by atoms with van der Waals surface area (Å²) in [6, 6.07) is 4.04. The third-order valence-corrected chi connectivity index (χ3v) is 12.4. The van der Waals surface area contributed by atoms with E-state index < -0.39 is 30.1 Å². The van der Waals surface area contributed by atoms with E-state index in [1.54, 1.807) is 11.4 Å². The number of carbonyl (C=O) groups excluding carboxylic acids is 3. The predicted molar refractivity (Wildman–Crippen MR) is 224 cm³/mol. The van der Waals surface area contributed by atoms with Crippen LogP contribution in [0.15, 0.2) is 23.6 Å². The summed E-state index contributed by atoms with van der Waals surface area (Å²) in [5, 5.41) is 21.8. The number of nitrogens with zero attached hydrogens (tertiary/aromatic N) is 3. The lowest BCUT2D eigenvalue weighted by atomic mass is 9.80. The van der Waals surface area contributed by atoms with E-state index in [1.165, 1.54) is 11.3 Å². The van der Waals surface area contributed by atoms with Gasteiger partial charge in [-0.1, -0.05) is 60.5 Å². The van der Waals surface area contributed by atoms with Crippen molar-refractivity contribution in [3.05, 3.63) is 45.4 Å². The zero-order valence-corrected chi connectivity index (χ0v) is 36.3. The molecule has 14 heteroatoms. The molecular weight excluding hydrogens is 745 g/mol. The number of ether oxygens (including phenoxy) is 2. The fourth-order valence-electron chi connectivity index (χ4n) is 8.02. The average Bonchev–Trinajstić information content (AvgIpc) is 3.69. The van der Waals surface area contributed by atoms with Gasteiger partial charge in [0, 0.05) is 43.6 Å². The monoisotopic (exact) mass is 812 g/mol. The summed E-state index contributed by atoms with van der Waals surface area (Å²) in [6.45, 7) is 15.4. The number of fused-ring (bicyclic) bond motifs is 1. The Morgan fingerprint density at radius 1 is 1.09 bits per heavy atom. The standard InChI is InChI=1S/C43H68N6O7S/c1-9-18-49(42(52)38(28(6)11-3)47-40(51)35-14-12-13-19-48(35)8)36(27(4)5)25-37(56-20-10-2)41-46-34(26-57-41)39(50)45-30-22-29-15-16-31(55-21-17-44-7)24-32(29)33(23-30)43(53)54/h15-16,24,26-28,30,33,35-38,44H,9-14,17-23,25H2,1-8H3,(H,45,50)(H,47,51)(H,53,54). The molecule has 57 heavy (non-hydrogen) atoms. The smallest absolute Gasteiger partial charge is 0.311 e. The minimum Gasteiger partial charge on any atom is -0.492 e. The van der Waals surface area contributed by atoms with Gasteiger partial charge in [-0.3, -0.25) is 24.1 Å². The Bertz CT molecular complexity index is 1620. The number of likely N-dealkylation sites (N-methyl/N-ethyl adjacent to an activating group) is 2. The van der Waals surface area contributed by atoms with Crippen LogP contribution >= 0.6 is 11.3 Å². The van der Waals surface area contributed by atoms with Crippen molar-refractivity contribution >= 4 is 35.0 Å².